The Morgan fingerprint density at radius 2 is 1.89 bits per heavy atom. The summed E-state index contributed by atoms with van der Waals surface area (Å²) >= 11 is 3.46. The summed E-state index contributed by atoms with van der Waals surface area (Å²) in [5.41, 5.74) is 2.33. The van der Waals surface area contributed by atoms with Crippen LogP contribution in [0.5, 0.6) is 0 Å². The molecule has 0 bridgehead atoms. The van der Waals surface area contributed by atoms with Crippen LogP contribution in [-0.2, 0) is 6.54 Å². The van der Waals surface area contributed by atoms with Gasteiger partial charge in [0, 0.05) is 23.5 Å². The van der Waals surface area contributed by atoms with Crippen molar-refractivity contribution in [2.75, 3.05) is 11.9 Å². The van der Waals surface area contributed by atoms with Crippen molar-refractivity contribution in [2.45, 2.75) is 32.2 Å². The molecule has 0 saturated carbocycles. The molecule has 3 heteroatoms. The van der Waals surface area contributed by atoms with Crippen molar-refractivity contribution in [3.63, 3.8) is 0 Å². The summed E-state index contributed by atoms with van der Waals surface area (Å²) in [7, 11) is 0. The van der Waals surface area contributed by atoms with Crippen LogP contribution in [-0.4, -0.2) is 16.9 Å². The first-order valence-corrected chi connectivity index (χ1v) is 8.12. The van der Waals surface area contributed by atoms with Crippen LogP contribution in [0.2, 0.25) is 0 Å². The summed E-state index contributed by atoms with van der Waals surface area (Å²) in [4.78, 5) is 4.48. The zero-order valence-electron chi connectivity index (χ0n) is 11.2. The van der Waals surface area contributed by atoms with Crippen LogP contribution in [0.1, 0.15) is 31.2 Å². The van der Waals surface area contributed by atoms with Crippen molar-refractivity contribution >= 4 is 26.8 Å². The monoisotopic (exact) mass is 320 g/mol. The molecular formula is C16H21BrN2. The van der Waals surface area contributed by atoms with Gasteiger partial charge in [-0.2, -0.15) is 0 Å². The minimum absolute atomic E-state index is 0.913. The highest BCUT2D eigenvalue weighted by Crippen LogP contribution is 2.12. The van der Waals surface area contributed by atoms with Gasteiger partial charge in [-0.3, -0.25) is 4.98 Å². The Morgan fingerprint density at radius 1 is 1.05 bits per heavy atom. The molecule has 2 rings (SSSR count). The Bertz CT molecular complexity index is 499. The lowest BCUT2D eigenvalue weighted by atomic mass is 10.1. The fourth-order valence-corrected chi connectivity index (χ4v) is 2.54. The van der Waals surface area contributed by atoms with E-state index in [9.17, 15) is 0 Å². The molecule has 1 aromatic carbocycles. The molecule has 0 radical (unpaired) electrons. The van der Waals surface area contributed by atoms with E-state index in [-0.39, 0.29) is 0 Å². The first-order chi connectivity index (χ1) is 9.40. The molecule has 102 valence electrons. The number of alkyl halides is 1. The molecular weight excluding hydrogens is 300 g/mol. The van der Waals surface area contributed by atoms with E-state index in [2.05, 4.69) is 50.5 Å². The number of nitrogens with one attached hydrogen (secondary N) is 1. The zero-order valence-corrected chi connectivity index (χ0v) is 12.8. The third-order valence-electron chi connectivity index (χ3n) is 3.21. The minimum atomic E-state index is 0.913. The predicted octanol–water partition coefficient (Wildman–Crippen LogP) is 4.28. The highest BCUT2D eigenvalue weighted by molar-refractivity contribution is 9.09. The van der Waals surface area contributed by atoms with Gasteiger partial charge in [0.15, 0.2) is 0 Å². The minimum Gasteiger partial charge on any atom is -0.313 e. The van der Waals surface area contributed by atoms with Crippen molar-refractivity contribution in [1.82, 2.24) is 10.3 Å². The average Bonchev–Trinajstić information content (AvgIpc) is 2.46. The fraction of sp³-hybridized carbons (Fsp3) is 0.438. The number of hydrogen-bond donors (Lipinski definition) is 1. The third-order valence-corrected chi connectivity index (χ3v) is 3.77. The Kier molecular flexibility index (Phi) is 6.31. The molecule has 0 aliphatic heterocycles. The quantitative estimate of drug-likeness (QED) is 0.580. The summed E-state index contributed by atoms with van der Waals surface area (Å²) in [5, 5.41) is 5.84. The molecule has 0 spiro atoms. The van der Waals surface area contributed by atoms with Crippen LogP contribution in [0.3, 0.4) is 0 Å². The molecule has 1 heterocycles. The van der Waals surface area contributed by atoms with Crippen LogP contribution in [0, 0.1) is 0 Å². The number of fused-ring (bicyclic) bond motifs is 1. The Morgan fingerprint density at radius 3 is 2.79 bits per heavy atom. The summed E-state index contributed by atoms with van der Waals surface area (Å²) in [6.07, 6.45) is 7.15. The molecule has 0 aliphatic rings. The van der Waals surface area contributed by atoms with Gasteiger partial charge in [0.05, 0.1) is 5.52 Å². The maximum absolute atomic E-state index is 4.48. The van der Waals surface area contributed by atoms with Gasteiger partial charge >= 0.3 is 0 Å². The Labute approximate surface area is 123 Å². The number of halogens is 1. The summed E-state index contributed by atoms with van der Waals surface area (Å²) in [6.45, 7) is 2.01. The molecule has 1 N–H and O–H groups in total. The Hall–Kier alpha value is -0.930. The first-order valence-electron chi connectivity index (χ1n) is 7.00. The molecule has 0 unspecified atom stereocenters. The van der Waals surface area contributed by atoms with Crippen molar-refractivity contribution in [1.29, 1.82) is 0 Å². The third kappa shape index (κ3) is 4.92. The van der Waals surface area contributed by atoms with Gasteiger partial charge in [-0.25, -0.2) is 0 Å². The number of rotatable bonds is 8. The number of para-hydroxylation sites is 1. The van der Waals surface area contributed by atoms with Gasteiger partial charge in [0.25, 0.3) is 0 Å². The standard InChI is InChI=1S/C16H21BrN2/c17-9-5-1-2-6-10-18-12-14-11-15-7-3-4-8-16(15)19-13-14/h3-4,7-8,11,13,18H,1-2,5-6,9-10,12H2. The molecule has 0 fully saturated rings. The summed E-state index contributed by atoms with van der Waals surface area (Å²) < 4.78 is 0. The maximum atomic E-state index is 4.48. The molecule has 1 aromatic heterocycles. The number of unbranched alkanes of at least 4 members (excludes halogenated alkanes) is 3. The average molecular weight is 321 g/mol. The van der Waals surface area contributed by atoms with E-state index in [1.807, 2.05) is 12.3 Å². The maximum Gasteiger partial charge on any atom is 0.0702 e. The normalized spacial score (nSPS) is 11.0. The molecule has 0 saturated heterocycles. The van der Waals surface area contributed by atoms with Crippen LogP contribution >= 0.6 is 15.9 Å². The van der Waals surface area contributed by atoms with Gasteiger partial charge in [0.1, 0.15) is 0 Å². The molecule has 0 aliphatic carbocycles. The van der Waals surface area contributed by atoms with E-state index in [4.69, 9.17) is 0 Å². The fourth-order valence-electron chi connectivity index (χ4n) is 2.14. The van der Waals surface area contributed by atoms with Gasteiger partial charge in [-0.1, -0.05) is 47.0 Å². The van der Waals surface area contributed by atoms with E-state index in [1.54, 1.807) is 0 Å². The Balaban J connectivity index is 1.72. The van der Waals surface area contributed by atoms with Gasteiger partial charge in [0.2, 0.25) is 0 Å². The van der Waals surface area contributed by atoms with Gasteiger partial charge < -0.3 is 5.32 Å². The van der Waals surface area contributed by atoms with E-state index in [0.29, 0.717) is 0 Å². The number of benzene rings is 1. The predicted molar refractivity (Wildman–Crippen MR) is 85.7 cm³/mol. The van der Waals surface area contributed by atoms with E-state index < -0.39 is 0 Å². The lowest BCUT2D eigenvalue weighted by Gasteiger charge is -2.05. The topological polar surface area (TPSA) is 24.9 Å². The van der Waals surface area contributed by atoms with E-state index >= 15 is 0 Å². The van der Waals surface area contributed by atoms with Crippen molar-refractivity contribution in [3.05, 3.63) is 42.1 Å². The van der Waals surface area contributed by atoms with Gasteiger partial charge in [-0.15, -0.1) is 0 Å². The number of aromatic nitrogens is 1. The van der Waals surface area contributed by atoms with E-state index in [1.165, 1.54) is 36.6 Å². The lowest BCUT2D eigenvalue weighted by Crippen LogP contribution is -2.14. The molecule has 0 atom stereocenters. The van der Waals surface area contributed by atoms with Crippen LogP contribution in [0.4, 0.5) is 0 Å². The molecule has 0 amide bonds. The summed E-state index contributed by atoms with van der Waals surface area (Å²) in [5.74, 6) is 0. The molecule has 2 nitrogen and oxygen atoms in total. The smallest absolute Gasteiger partial charge is 0.0702 e. The van der Waals surface area contributed by atoms with Crippen molar-refractivity contribution in [3.8, 4) is 0 Å². The number of hydrogen-bond acceptors (Lipinski definition) is 2. The molecule has 19 heavy (non-hydrogen) atoms. The molecule has 2 aromatic rings. The lowest BCUT2D eigenvalue weighted by molar-refractivity contribution is 0.600. The first kappa shape index (κ1) is 14.5. The van der Waals surface area contributed by atoms with Crippen molar-refractivity contribution < 1.29 is 0 Å². The van der Waals surface area contributed by atoms with Crippen LogP contribution in [0.25, 0.3) is 10.9 Å². The summed E-state index contributed by atoms with van der Waals surface area (Å²) in [6, 6.07) is 10.5. The second-order valence-corrected chi connectivity index (χ2v) is 5.61. The second kappa shape index (κ2) is 8.28. The van der Waals surface area contributed by atoms with Gasteiger partial charge in [-0.05, 0) is 37.1 Å². The van der Waals surface area contributed by atoms with Crippen LogP contribution in [0.15, 0.2) is 36.5 Å². The van der Waals surface area contributed by atoms with Crippen molar-refractivity contribution in [2.24, 2.45) is 0 Å². The SMILES string of the molecule is BrCCCCCCNCc1cnc2ccccc2c1. The zero-order chi connectivity index (χ0) is 13.3. The second-order valence-electron chi connectivity index (χ2n) is 4.82. The number of nitrogens with zero attached hydrogens (tertiary/aromatic N) is 1. The number of pyridine rings is 1. The van der Waals surface area contributed by atoms with Crippen LogP contribution < -0.4 is 5.32 Å². The van der Waals surface area contributed by atoms with E-state index in [0.717, 1.165) is 23.9 Å². The highest BCUT2D eigenvalue weighted by Gasteiger charge is 1.97. The largest absolute Gasteiger partial charge is 0.313 e. The highest BCUT2D eigenvalue weighted by atomic mass is 79.9.